The zero-order chi connectivity index (χ0) is 12.1. The van der Waals surface area contributed by atoms with E-state index in [0.717, 1.165) is 39.0 Å². The molecule has 0 bridgehead atoms. The molecule has 0 radical (unpaired) electrons. The summed E-state index contributed by atoms with van der Waals surface area (Å²) in [6.07, 6.45) is 6.05. The summed E-state index contributed by atoms with van der Waals surface area (Å²) < 4.78 is 0. The van der Waals surface area contributed by atoms with Gasteiger partial charge in [-0.1, -0.05) is 0 Å². The molecule has 2 atom stereocenters. The first-order chi connectivity index (χ1) is 8.27. The van der Waals surface area contributed by atoms with Crippen LogP contribution < -0.4 is 10.6 Å². The van der Waals surface area contributed by atoms with Crippen LogP contribution in [0.2, 0.25) is 0 Å². The lowest BCUT2D eigenvalue weighted by atomic mass is 9.93. The Balaban J connectivity index is 1.76. The second-order valence-corrected chi connectivity index (χ2v) is 5.39. The van der Waals surface area contributed by atoms with Crippen LogP contribution in [0.1, 0.15) is 39.0 Å². The van der Waals surface area contributed by atoms with Gasteiger partial charge in [-0.3, -0.25) is 0 Å². The molecule has 0 aromatic carbocycles. The Kier molecular flexibility index (Phi) is 4.66. The van der Waals surface area contributed by atoms with Crippen molar-refractivity contribution >= 4 is 6.03 Å². The molecule has 2 fully saturated rings. The molecule has 2 amide bonds. The predicted octanol–water partition coefficient (Wildman–Crippen LogP) is 1.57. The number of nitrogens with zero attached hydrogens (tertiary/aromatic N) is 1. The second kappa shape index (κ2) is 6.24. The van der Waals surface area contributed by atoms with Crippen LogP contribution in [0.4, 0.5) is 4.79 Å². The van der Waals surface area contributed by atoms with Crippen LogP contribution in [0.25, 0.3) is 0 Å². The molecule has 0 aliphatic carbocycles. The molecule has 2 aliphatic heterocycles. The van der Waals surface area contributed by atoms with E-state index in [0.29, 0.717) is 5.92 Å². The molecule has 0 aromatic rings. The van der Waals surface area contributed by atoms with Gasteiger partial charge in [0.2, 0.25) is 0 Å². The van der Waals surface area contributed by atoms with Gasteiger partial charge in [-0.15, -0.1) is 0 Å². The van der Waals surface area contributed by atoms with E-state index in [1.807, 2.05) is 4.90 Å². The largest absolute Gasteiger partial charge is 0.335 e. The van der Waals surface area contributed by atoms with Gasteiger partial charge in [0.25, 0.3) is 0 Å². The second-order valence-electron chi connectivity index (χ2n) is 5.39. The minimum atomic E-state index is 0.141. The molecular formula is C13H25N3O. The van der Waals surface area contributed by atoms with Gasteiger partial charge in [0, 0.05) is 19.1 Å². The van der Waals surface area contributed by atoms with Crippen molar-refractivity contribution in [2.24, 2.45) is 5.92 Å². The fourth-order valence-electron chi connectivity index (χ4n) is 2.81. The number of nitrogens with one attached hydrogen (secondary N) is 2. The first-order valence-electron chi connectivity index (χ1n) is 7.03. The highest BCUT2D eigenvalue weighted by molar-refractivity contribution is 5.74. The minimum Gasteiger partial charge on any atom is -0.335 e. The van der Waals surface area contributed by atoms with Crippen LogP contribution >= 0.6 is 0 Å². The molecule has 2 rings (SSSR count). The Labute approximate surface area is 104 Å². The number of carbonyl (C=O) groups excluding carboxylic acids is 1. The molecule has 4 nitrogen and oxygen atoms in total. The quantitative estimate of drug-likeness (QED) is 0.768. The summed E-state index contributed by atoms with van der Waals surface area (Å²) in [5.41, 5.74) is 0. The van der Waals surface area contributed by atoms with Gasteiger partial charge in [0.05, 0.1) is 0 Å². The third-order valence-corrected chi connectivity index (χ3v) is 4.04. The standard InChI is InChI=1S/C13H25N3O/c1-11(12-6-5-7-14-10-12)15-13(17)16-8-3-2-4-9-16/h11-12,14H,2-10H2,1H3,(H,15,17). The average molecular weight is 239 g/mol. The van der Waals surface area contributed by atoms with Gasteiger partial charge in [-0.2, -0.15) is 0 Å². The van der Waals surface area contributed by atoms with Crippen molar-refractivity contribution in [2.45, 2.75) is 45.1 Å². The third-order valence-electron chi connectivity index (χ3n) is 4.04. The van der Waals surface area contributed by atoms with E-state index in [2.05, 4.69) is 17.6 Å². The van der Waals surface area contributed by atoms with Crippen molar-refractivity contribution in [3.63, 3.8) is 0 Å². The topological polar surface area (TPSA) is 44.4 Å². The molecule has 17 heavy (non-hydrogen) atoms. The van der Waals surface area contributed by atoms with E-state index >= 15 is 0 Å². The highest BCUT2D eigenvalue weighted by Gasteiger charge is 2.23. The first-order valence-corrected chi connectivity index (χ1v) is 7.03. The van der Waals surface area contributed by atoms with E-state index < -0.39 is 0 Å². The Morgan fingerprint density at radius 1 is 1.29 bits per heavy atom. The maximum absolute atomic E-state index is 12.0. The molecule has 0 spiro atoms. The highest BCUT2D eigenvalue weighted by atomic mass is 16.2. The number of piperidine rings is 2. The molecule has 2 N–H and O–H groups in total. The lowest BCUT2D eigenvalue weighted by Gasteiger charge is -2.32. The van der Waals surface area contributed by atoms with Gasteiger partial charge >= 0.3 is 6.03 Å². The third kappa shape index (κ3) is 3.60. The molecule has 2 heterocycles. The van der Waals surface area contributed by atoms with Crippen molar-refractivity contribution in [1.82, 2.24) is 15.5 Å². The predicted molar refractivity (Wildman–Crippen MR) is 69.0 cm³/mol. The summed E-state index contributed by atoms with van der Waals surface area (Å²) in [6, 6.07) is 0.431. The maximum Gasteiger partial charge on any atom is 0.317 e. The summed E-state index contributed by atoms with van der Waals surface area (Å²) in [6.45, 7) is 6.17. The van der Waals surface area contributed by atoms with Crippen molar-refractivity contribution < 1.29 is 4.79 Å². The van der Waals surface area contributed by atoms with E-state index in [-0.39, 0.29) is 12.1 Å². The molecule has 0 saturated carbocycles. The van der Waals surface area contributed by atoms with Crippen LogP contribution in [0.3, 0.4) is 0 Å². The zero-order valence-corrected chi connectivity index (χ0v) is 10.9. The summed E-state index contributed by atoms with van der Waals surface area (Å²) >= 11 is 0. The minimum absolute atomic E-state index is 0.141. The van der Waals surface area contributed by atoms with E-state index in [9.17, 15) is 4.79 Å². The Hall–Kier alpha value is -0.770. The highest BCUT2D eigenvalue weighted by Crippen LogP contribution is 2.15. The van der Waals surface area contributed by atoms with Crippen LogP contribution in [-0.4, -0.2) is 43.2 Å². The zero-order valence-electron chi connectivity index (χ0n) is 10.9. The van der Waals surface area contributed by atoms with E-state index in [1.54, 1.807) is 0 Å². The first kappa shape index (κ1) is 12.7. The van der Waals surface area contributed by atoms with Crippen LogP contribution in [0.5, 0.6) is 0 Å². The number of amides is 2. The van der Waals surface area contributed by atoms with Crippen LogP contribution in [0.15, 0.2) is 0 Å². The van der Waals surface area contributed by atoms with Crippen molar-refractivity contribution in [3.05, 3.63) is 0 Å². The van der Waals surface area contributed by atoms with Crippen molar-refractivity contribution in [2.75, 3.05) is 26.2 Å². The van der Waals surface area contributed by atoms with E-state index in [4.69, 9.17) is 0 Å². The van der Waals surface area contributed by atoms with Crippen molar-refractivity contribution in [1.29, 1.82) is 0 Å². The van der Waals surface area contributed by atoms with Crippen molar-refractivity contribution in [3.8, 4) is 0 Å². The summed E-state index contributed by atoms with van der Waals surface area (Å²) in [5.74, 6) is 0.595. The molecule has 98 valence electrons. The number of rotatable bonds is 2. The van der Waals surface area contributed by atoms with Crippen LogP contribution in [-0.2, 0) is 0 Å². The molecule has 0 aromatic heterocycles. The monoisotopic (exact) mass is 239 g/mol. The van der Waals surface area contributed by atoms with Gasteiger partial charge in [0.15, 0.2) is 0 Å². The summed E-state index contributed by atoms with van der Waals surface area (Å²) in [4.78, 5) is 14.0. The lowest BCUT2D eigenvalue weighted by Crippen LogP contribution is -2.50. The van der Waals surface area contributed by atoms with Gasteiger partial charge in [-0.05, 0) is 58.0 Å². The van der Waals surface area contributed by atoms with Gasteiger partial charge in [-0.25, -0.2) is 4.79 Å². The normalized spacial score (nSPS) is 27.6. The summed E-state index contributed by atoms with van der Waals surface area (Å²) in [5, 5.41) is 6.57. The number of hydrogen-bond acceptors (Lipinski definition) is 2. The molecule has 2 saturated heterocycles. The summed E-state index contributed by atoms with van der Waals surface area (Å²) in [7, 11) is 0. The maximum atomic E-state index is 12.0. The fraction of sp³-hybridized carbons (Fsp3) is 0.923. The smallest absolute Gasteiger partial charge is 0.317 e. The molecule has 4 heteroatoms. The Bertz CT molecular complexity index is 245. The lowest BCUT2D eigenvalue weighted by molar-refractivity contribution is 0.176. The number of carbonyl (C=O) groups is 1. The number of likely N-dealkylation sites (tertiary alicyclic amines) is 1. The molecular weight excluding hydrogens is 214 g/mol. The molecule has 2 unspecified atom stereocenters. The SMILES string of the molecule is CC(NC(=O)N1CCCCC1)C1CCCNC1. The Morgan fingerprint density at radius 3 is 2.71 bits per heavy atom. The number of urea groups is 1. The van der Waals surface area contributed by atoms with Crippen LogP contribution in [0, 0.1) is 5.92 Å². The average Bonchev–Trinajstić information content (AvgIpc) is 2.40. The van der Waals surface area contributed by atoms with Gasteiger partial charge in [0.1, 0.15) is 0 Å². The van der Waals surface area contributed by atoms with Gasteiger partial charge < -0.3 is 15.5 Å². The molecule has 2 aliphatic rings. The number of hydrogen-bond donors (Lipinski definition) is 2. The fourth-order valence-corrected chi connectivity index (χ4v) is 2.81. The Morgan fingerprint density at radius 2 is 2.06 bits per heavy atom. The van der Waals surface area contributed by atoms with E-state index in [1.165, 1.54) is 19.3 Å².